The molecule has 0 unspecified atom stereocenters. The second kappa shape index (κ2) is 4.96. The van der Waals surface area contributed by atoms with E-state index in [1.165, 1.54) is 6.92 Å². The number of rotatable bonds is 4. The number of ketones is 1. The van der Waals surface area contributed by atoms with E-state index in [9.17, 15) is 4.79 Å². The summed E-state index contributed by atoms with van der Waals surface area (Å²) in [4.78, 5) is 11.2. The minimum absolute atomic E-state index is 0.000727. The Morgan fingerprint density at radius 3 is 2.71 bits per heavy atom. The SMILES string of the molecule is C=C(Br)COc1ccccc1C(C)=O. The highest BCUT2D eigenvalue weighted by atomic mass is 79.9. The molecule has 0 spiro atoms. The molecule has 0 aliphatic carbocycles. The molecule has 0 saturated carbocycles. The van der Waals surface area contributed by atoms with E-state index in [1.54, 1.807) is 12.1 Å². The van der Waals surface area contributed by atoms with Gasteiger partial charge >= 0.3 is 0 Å². The van der Waals surface area contributed by atoms with Crippen LogP contribution in [-0.2, 0) is 0 Å². The van der Waals surface area contributed by atoms with Gasteiger partial charge in [0.1, 0.15) is 12.4 Å². The van der Waals surface area contributed by atoms with Crippen LogP contribution < -0.4 is 4.74 Å². The minimum atomic E-state index is 0.000727. The van der Waals surface area contributed by atoms with Gasteiger partial charge in [0.05, 0.1) is 5.56 Å². The maximum Gasteiger partial charge on any atom is 0.163 e. The molecular weight excluding hydrogens is 244 g/mol. The summed E-state index contributed by atoms with van der Waals surface area (Å²) in [6.07, 6.45) is 0. The molecule has 0 bridgehead atoms. The van der Waals surface area contributed by atoms with Gasteiger partial charge in [-0.25, -0.2) is 0 Å². The maximum absolute atomic E-state index is 11.2. The van der Waals surface area contributed by atoms with Crippen LogP contribution in [0.5, 0.6) is 5.75 Å². The molecule has 1 rings (SSSR count). The van der Waals surface area contributed by atoms with E-state index >= 15 is 0 Å². The van der Waals surface area contributed by atoms with Crippen LogP contribution in [0.3, 0.4) is 0 Å². The van der Waals surface area contributed by atoms with Crippen molar-refractivity contribution in [2.24, 2.45) is 0 Å². The normalized spacial score (nSPS) is 9.57. The van der Waals surface area contributed by atoms with Crippen molar-refractivity contribution in [1.29, 1.82) is 0 Å². The van der Waals surface area contributed by atoms with Crippen LogP contribution >= 0.6 is 15.9 Å². The fraction of sp³-hybridized carbons (Fsp3) is 0.182. The molecule has 0 aromatic heterocycles. The number of carbonyl (C=O) groups excluding carboxylic acids is 1. The van der Waals surface area contributed by atoms with Crippen LogP contribution in [0.1, 0.15) is 17.3 Å². The van der Waals surface area contributed by atoms with Crippen molar-refractivity contribution >= 4 is 21.7 Å². The Morgan fingerprint density at radius 1 is 1.50 bits per heavy atom. The van der Waals surface area contributed by atoms with Crippen LogP contribution in [0.2, 0.25) is 0 Å². The van der Waals surface area contributed by atoms with Crippen molar-refractivity contribution in [2.45, 2.75) is 6.92 Å². The molecule has 1 aromatic carbocycles. The van der Waals surface area contributed by atoms with Gasteiger partial charge in [0.2, 0.25) is 0 Å². The predicted octanol–water partition coefficient (Wildman–Crippen LogP) is 3.18. The number of hydrogen-bond acceptors (Lipinski definition) is 2. The van der Waals surface area contributed by atoms with Crippen molar-refractivity contribution in [3.8, 4) is 5.75 Å². The third-order valence-corrected chi connectivity index (χ3v) is 1.88. The zero-order valence-electron chi connectivity index (χ0n) is 7.92. The molecule has 3 heteroatoms. The molecule has 0 radical (unpaired) electrons. The van der Waals surface area contributed by atoms with Gasteiger partial charge in [0, 0.05) is 4.48 Å². The fourth-order valence-corrected chi connectivity index (χ4v) is 1.15. The first kappa shape index (κ1) is 11.0. The molecule has 0 heterocycles. The van der Waals surface area contributed by atoms with Crippen LogP contribution in [0.15, 0.2) is 35.3 Å². The number of Topliss-reactive ketones (excluding diaryl/α,β-unsaturated/α-hetero) is 1. The predicted molar refractivity (Wildman–Crippen MR) is 60.0 cm³/mol. The van der Waals surface area contributed by atoms with Gasteiger partial charge in [-0.15, -0.1) is 0 Å². The fourth-order valence-electron chi connectivity index (χ4n) is 1.04. The van der Waals surface area contributed by atoms with Gasteiger partial charge < -0.3 is 4.74 Å². The molecule has 0 aliphatic heterocycles. The molecule has 0 amide bonds. The van der Waals surface area contributed by atoms with E-state index in [2.05, 4.69) is 22.5 Å². The highest BCUT2D eigenvalue weighted by Crippen LogP contribution is 2.19. The molecule has 0 atom stereocenters. The van der Waals surface area contributed by atoms with E-state index < -0.39 is 0 Å². The lowest BCUT2D eigenvalue weighted by Gasteiger charge is -2.08. The standard InChI is InChI=1S/C11H11BrO2/c1-8(12)7-14-11-6-4-3-5-10(11)9(2)13/h3-6H,1,7H2,2H3. The van der Waals surface area contributed by atoms with E-state index in [0.29, 0.717) is 17.9 Å². The zero-order chi connectivity index (χ0) is 10.6. The first-order chi connectivity index (χ1) is 6.61. The van der Waals surface area contributed by atoms with Gasteiger partial charge in [-0.1, -0.05) is 34.6 Å². The number of halogens is 1. The van der Waals surface area contributed by atoms with E-state index in [-0.39, 0.29) is 5.78 Å². The first-order valence-electron chi connectivity index (χ1n) is 4.17. The first-order valence-corrected chi connectivity index (χ1v) is 4.96. The monoisotopic (exact) mass is 254 g/mol. The van der Waals surface area contributed by atoms with Crippen molar-refractivity contribution in [3.63, 3.8) is 0 Å². The Kier molecular flexibility index (Phi) is 3.89. The van der Waals surface area contributed by atoms with Crippen molar-refractivity contribution in [1.82, 2.24) is 0 Å². The lowest BCUT2D eigenvalue weighted by molar-refractivity contribution is 0.101. The molecule has 1 aromatic rings. The smallest absolute Gasteiger partial charge is 0.163 e. The number of benzene rings is 1. The summed E-state index contributed by atoms with van der Waals surface area (Å²) in [5.74, 6) is 0.599. The largest absolute Gasteiger partial charge is 0.488 e. The van der Waals surface area contributed by atoms with E-state index in [1.807, 2.05) is 12.1 Å². The highest BCUT2D eigenvalue weighted by Gasteiger charge is 2.06. The molecule has 14 heavy (non-hydrogen) atoms. The minimum Gasteiger partial charge on any atom is -0.488 e. The lowest BCUT2D eigenvalue weighted by atomic mass is 10.1. The number of hydrogen-bond donors (Lipinski definition) is 0. The van der Waals surface area contributed by atoms with Gasteiger partial charge in [0.25, 0.3) is 0 Å². The number of ether oxygens (including phenoxy) is 1. The number of carbonyl (C=O) groups is 1. The van der Waals surface area contributed by atoms with Gasteiger partial charge in [-0.05, 0) is 19.1 Å². The van der Waals surface area contributed by atoms with Crippen LogP contribution in [-0.4, -0.2) is 12.4 Å². The average Bonchev–Trinajstić information content (AvgIpc) is 2.15. The van der Waals surface area contributed by atoms with Crippen LogP contribution in [0.25, 0.3) is 0 Å². The van der Waals surface area contributed by atoms with Crippen molar-refractivity contribution in [2.75, 3.05) is 6.61 Å². The molecule has 0 saturated heterocycles. The summed E-state index contributed by atoms with van der Waals surface area (Å²) in [7, 11) is 0. The highest BCUT2D eigenvalue weighted by molar-refractivity contribution is 9.11. The molecular formula is C11H11BrO2. The lowest BCUT2D eigenvalue weighted by Crippen LogP contribution is -2.02. The molecule has 0 fully saturated rings. The van der Waals surface area contributed by atoms with E-state index in [4.69, 9.17) is 4.74 Å². The summed E-state index contributed by atoms with van der Waals surface area (Å²) in [5.41, 5.74) is 0.598. The van der Waals surface area contributed by atoms with Crippen molar-refractivity contribution in [3.05, 3.63) is 40.9 Å². The Hall–Kier alpha value is -1.09. The van der Waals surface area contributed by atoms with Gasteiger partial charge in [-0.3, -0.25) is 4.79 Å². The molecule has 0 N–H and O–H groups in total. The average molecular weight is 255 g/mol. The number of para-hydroxylation sites is 1. The Morgan fingerprint density at radius 2 is 2.14 bits per heavy atom. The van der Waals surface area contributed by atoms with Crippen LogP contribution in [0, 0.1) is 0 Å². The van der Waals surface area contributed by atoms with Crippen molar-refractivity contribution < 1.29 is 9.53 Å². The zero-order valence-corrected chi connectivity index (χ0v) is 9.50. The Balaban J connectivity index is 2.84. The third-order valence-electron chi connectivity index (χ3n) is 1.65. The molecule has 0 aliphatic rings. The maximum atomic E-state index is 11.2. The summed E-state index contributed by atoms with van der Waals surface area (Å²) in [6.45, 7) is 5.54. The second-order valence-electron chi connectivity index (χ2n) is 2.86. The van der Waals surface area contributed by atoms with Gasteiger partial charge in [0.15, 0.2) is 5.78 Å². The molecule has 2 nitrogen and oxygen atoms in total. The summed E-state index contributed by atoms with van der Waals surface area (Å²) in [5, 5.41) is 0. The summed E-state index contributed by atoms with van der Waals surface area (Å²) in [6, 6.07) is 7.16. The third kappa shape index (κ3) is 3.00. The summed E-state index contributed by atoms with van der Waals surface area (Å²) >= 11 is 3.19. The van der Waals surface area contributed by atoms with Crippen LogP contribution in [0.4, 0.5) is 0 Å². The van der Waals surface area contributed by atoms with E-state index in [0.717, 1.165) is 4.48 Å². The topological polar surface area (TPSA) is 26.3 Å². The summed E-state index contributed by atoms with van der Waals surface area (Å²) < 4.78 is 6.14. The second-order valence-corrected chi connectivity index (χ2v) is 3.98. The Bertz CT molecular complexity index is 358. The Labute approximate surface area is 91.7 Å². The molecule has 74 valence electrons. The van der Waals surface area contributed by atoms with Gasteiger partial charge in [-0.2, -0.15) is 0 Å². The quantitative estimate of drug-likeness (QED) is 0.772.